The van der Waals surface area contributed by atoms with Gasteiger partial charge in [-0.15, -0.1) is 0 Å². The van der Waals surface area contributed by atoms with Crippen LogP contribution in [0, 0.1) is 0 Å². The summed E-state index contributed by atoms with van der Waals surface area (Å²) in [7, 11) is 1.35. The lowest BCUT2D eigenvalue weighted by Crippen LogP contribution is -2.39. The van der Waals surface area contributed by atoms with Crippen LogP contribution >= 0.6 is 0 Å². The van der Waals surface area contributed by atoms with Crippen molar-refractivity contribution in [1.29, 1.82) is 0 Å². The maximum Gasteiger partial charge on any atom is 0.328 e. The summed E-state index contributed by atoms with van der Waals surface area (Å²) in [6, 6.07) is -0.422. The SMILES string of the molecule is COC(=O)[C@H]1CCC(=O)N1CCCCCCC(=O)OC(C)(C)C. The first-order valence-corrected chi connectivity index (χ1v) is 8.34. The lowest BCUT2D eigenvalue weighted by atomic mass is 10.1. The van der Waals surface area contributed by atoms with Crippen LogP contribution in [0.4, 0.5) is 0 Å². The maximum absolute atomic E-state index is 11.8. The number of unbranched alkanes of at least 4 members (excludes halogenated alkanes) is 3. The Kier molecular flexibility index (Phi) is 7.52. The van der Waals surface area contributed by atoms with Crippen LogP contribution in [0.3, 0.4) is 0 Å². The topological polar surface area (TPSA) is 72.9 Å². The monoisotopic (exact) mass is 327 g/mol. The van der Waals surface area contributed by atoms with Crippen molar-refractivity contribution < 1.29 is 23.9 Å². The van der Waals surface area contributed by atoms with Crippen molar-refractivity contribution in [3.8, 4) is 0 Å². The van der Waals surface area contributed by atoms with Gasteiger partial charge in [0, 0.05) is 19.4 Å². The van der Waals surface area contributed by atoms with Gasteiger partial charge in [0.05, 0.1) is 7.11 Å². The third-order valence-corrected chi connectivity index (χ3v) is 3.75. The first kappa shape index (κ1) is 19.5. The molecule has 1 saturated heterocycles. The Labute approximate surface area is 138 Å². The van der Waals surface area contributed by atoms with Crippen LogP contribution in [-0.2, 0) is 23.9 Å². The zero-order chi connectivity index (χ0) is 17.5. The zero-order valence-corrected chi connectivity index (χ0v) is 14.7. The van der Waals surface area contributed by atoms with Crippen LogP contribution < -0.4 is 0 Å². The predicted molar refractivity (Wildman–Crippen MR) is 85.7 cm³/mol. The first-order chi connectivity index (χ1) is 10.7. The van der Waals surface area contributed by atoms with Gasteiger partial charge in [-0.05, 0) is 40.0 Å². The van der Waals surface area contributed by atoms with Gasteiger partial charge in [0.15, 0.2) is 0 Å². The summed E-state index contributed by atoms with van der Waals surface area (Å²) in [4.78, 5) is 36.6. The van der Waals surface area contributed by atoms with E-state index < -0.39 is 11.6 Å². The van der Waals surface area contributed by atoms with E-state index in [4.69, 9.17) is 9.47 Å². The lowest BCUT2D eigenvalue weighted by molar-refractivity contribution is -0.155. The molecule has 0 aromatic rings. The van der Waals surface area contributed by atoms with E-state index in [-0.39, 0.29) is 17.8 Å². The third-order valence-electron chi connectivity index (χ3n) is 3.75. The average Bonchev–Trinajstić information content (AvgIpc) is 2.81. The molecule has 0 bridgehead atoms. The fourth-order valence-corrected chi connectivity index (χ4v) is 2.69. The molecular weight excluding hydrogens is 298 g/mol. The Morgan fingerprint density at radius 3 is 2.43 bits per heavy atom. The highest BCUT2D eigenvalue weighted by Gasteiger charge is 2.36. The molecule has 0 radical (unpaired) electrons. The van der Waals surface area contributed by atoms with Crippen LogP contribution in [0.2, 0.25) is 0 Å². The Morgan fingerprint density at radius 2 is 1.83 bits per heavy atom. The lowest BCUT2D eigenvalue weighted by Gasteiger charge is -2.22. The predicted octanol–water partition coefficient (Wildman–Crippen LogP) is 2.44. The standard InChI is InChI=1S/C17H29NO5/c1-17(2,3)23-15(20)9-7-5-6-8-12-18-13(16(21)22-4)10-11-14(18)19/h13H,5-12H2,1-4H3/t13-/m1/s1. The van der Waals surface area contributed by atoms with Gasteiger partial charge < -0.3 is 14.4 Å². The van der Waals surface area contributed by atoms with Gasteiger partial charge in [0.2, 0.25) is 5.91 Å². The molecule has 1 rings (SSSR count). The highest BCUT2D eigenvalue weighted by molar-refractivity contribution is 5.88. The van der Waals surface area contributed by atoms with E-state index >= 15 is 0 Å². The van der Waals surface area contributed by atoms with E-state index in [1.807, 2.05) is 20.8 Å². The fraction of sp³-hybridized carbons (Fsp3) is 0.824. The van der Waals surface area contributed by atoms with Crippen LogP contribution in [0.5, 0.6) is 0 Å². The number of hydrogen-bond acceptors (Lipinski definition) is 5. The quantitative estimate of drug-likeness (QED) is 0.506. The summed E-state index contributed by atoms with van der Waals surface area (Å²) in [5, 5.41) is 0. The molecule has 1 aliphatic heterocycles. The molecule has 1 heterocycles. The molecule has 1 aliphatic rings. The summed E-state index contributed by atoms with van der Waals surface area (Å²) in [5.74, 6) is -0.479. The Bertz CT molecular complexity index is 427. The maximum atomic E-state index is 11.8. The summed E-state index contributed by atoms with van der Waals surface area (Å²) in [5.41, 5.74) is -0.434. The van der Waals surface area contributed by atoms with Gasteiger partial charge in [-0.25, -0.2) is 4.79 Å². The van der Waals surface area contributed by atoms with Crippen molar-refractivity contribution >= 4 is 17.8 Å². The van der Waals surface area contributed by atoms with Crippen LogP contribution in [-0.4, -0.2) is 48.0 Å². The molecule has 0 aromatic carbocycles. The van der Waals surface area contributed by atoms with Crippen molar-refractivity contribution in [2.75, 3.05) is 13.7 Å². The average molecular weight is 327 g/mol. The molecule has 0 saturated carbocycles. The van der Waals surface area contributed by atoms with Gasteiger partial charge >= 0.3 is 11.9 Å². The molecule has 0 unspecified atom stereocenters. The molecule has 0 spiro atoms. The van der Waals surface area contributed by atoms with Gasteiger partial charge in [0.25, 0.3) is 0 Å². The molecule has 6 nitrogen and oxygen atoms in total. The molecule has 1 fully saturated rings. The second-order valence-corrected chi connectivity index (χ2v) is 6.92. The number of esters is 2. The number of hydrogen-bond donors (Lipinski definition) is 0. The normalized spacial score (nSPS) is 18.2. The Balaban J connectivity index is 2.18. The number of nitrogens with zero attached hydrogens (tertiary/aromatic N) is 1. The molecule has 0 aromatic heterocycles. The number of amides is 1. The molecule has 0 aliphatic carbocycles. The third kappa shape index (κ3) is 7.01. The molecule has 132 valence electrons. The number of likely N-dealkylation sites (tertiary alicyclic amines) is 1. The fourth-order valence-electron chi connectivity index (χ4n) is 2.69. The minimum Gasteiger partial charge on any atom is -0.467 e. The van der Waals surface area contributed by atoms with E-state index in [0.717, 1.165) is 25.7 Å². The van der Waals surface area contributed by atoms with Gasteiger partial charge in [-0.3, -0.25) is 9.59 Å². The molecule has 23 heavy (non-hydrogen) atoms. The summed E-state index contributed by atoms with van der Waals surface area (Å²) in [6.07, 6.45) is 4.81. The number of carbonyl (C=O) groups is 3. The van der Waals surface area contributed by atoms with Crippen LogP contribution in [0.25, 0.3) is 0 Å². The molecule has 0 N–H and O–H groups in total. The molecule has 6 heteroatoms. The van der Waals surface area contributed by atoms with Crippen molar-refractivity contribution in [3.05, 3.63) is 0 Å². The Morgan fingerprint density at radius 1 is 1.17 bits per heavy atom. The van der Waals surface area contributed by atoms with Crippen LogP contribution in [0.1, 0.15) is 65.7 Å². The zero-order valence-electron chi connectivity index (χ0n) is 14.7. The second kappa shape index (κ2) is 8.89. The van der Waals surface area contributed by atoms with Crippen molar-refractivity contribution in [2.24, 2.45) is 0 Å². The van der Waals surface area contributed by atoms with E-state index in [1.54, 1.807) is 4.90 Å². The number of carbonyl (C=O) groups excluding carboxylic acids is 3. The van der Waals surface area contributed by atoms with E-state index in [0.29, 0.717) is 25.8 Å². The van der Waals surface area contributed by atoms with E-state index in [1.165, 1.54) is 7.11 Å². The molecular formula is C17H29NO5. The van der Waals surface area contributed by atoms with Gasteiger partial charge in [-0.1, -0.05) is 12.8 Å². The highest BCUT2D eigenvalue weighted by atomic mass is 16.6. The first-order valence-electron chi connectivity index (χ1n) is 8.34. The van der Waals surface area contributed by atoms with E-state index in [9.17, 15) is 14.4 Å². The summed E-state index contributed by atoms with van der Waals surface area (Å²) >= 11 is 0. The van der Waals surface area contributed by atoms with Gasteiger partial charge in [0.1, 0.15) is 11.6 Å². The van der Waals surface area contributed by atoms with Crippen LogP contribution in [0.15, 0.2) is 0 Å². The second-order valence-electron chi connectivity index (χ2n) is 6.92. The van der Waals surface area contributed by atoms with Crippen molar-refractivity contribution in [1.82, 2.24) is 4.90 Å². The summed E-state index contributed by atoms with van der Waals surface area (Å²) in [6.45, 7) is 6.14. The number of rotatable bonds is 8. The molecule has 1 amide bonds. The largest absolute Gasteiger partial charge is 0.467 e. The highest BCUT2D eigenvalue weighted by Crippen LogP contribution is 2.21. The summed E-state index contributed by atoms with van der Waals surface area (Å²) < 4.78 is 9.99. The van der Waals surface area contributed by atoms with Crippen molar-refractivity contribution in [3.63, 3.8) is 0 Å². The van der Waals surface area contributed by atoms with Crippen molar-refractivity contribution in [2.45, 2.75) is 77.4 Å². The number of ether oxygens (including phenoxy) is 2. The minimum atomic E-state index is -0.434. The van der Waals surface area contributed by atoms with E-state index in [2.05, 4.69) is 0 Å². The molecule has 1 atom stereocenters. The number of methoxy groups -OCH3 is 1. The van der Waals surface area contributed by atoms with Gasteiger partial charge in [-0.2, -0.15) is 0 Å². The Hall–Kier alpha value is -1.59. The minimum absolute atomic E-state index is 0.0224. The smallest absolute Gasteiger partial charge is 0.328 e.